The van der Waals surface area contributed by atoms with Crippen LogP contribution >= 0.6 is 0 Å². The molecule has 4 aromatic rings. The van der Waals surface area contributed by atoms with Crippen molar-refractivity contribution in [2.75, 3.05) is 25.4 Å². The van der Waals surface area contributed by atoms with Gasteiger partial charge in [0, 0.05) is 61.1 Å². The van der Waals surface area contributed by atoms with Gasteiger partial charge < -0.3 is 20.4 Å². The van der Waals surface area contributed by atoms with Crippen LogP contribution in [0.25, 0.3) is 22.2 Å². The van der Waals surface area contributed by atoms with Crippen molar-refractivity contribution in [3.05, 3.63) is 66.9 Å². The second-order valence-corrected chi connectivity index (χ2v) is 10.3. The van der Waals surface area contributed by atoms with E-state index in [1.165, 1.54) is 12.4 Å². The second kappa shape index (κ2) is 10.1. The highest BCUT2D eigenvalue weighted by Gasteiger charge is 2.30. The number of rotatable bonds is 5. The quantitative estimate of drug-likeness (QED) is 0.383. The SMILES string of the molecule is C[C@H]1CN(C2CCC(n3cc(-c4ccc(Oc5ccccc5)cc4F)c4c(N)ncnc43)CC2)CCN1. The fraction of sp³-hybridized carbons (Fsp3) is 0.379. The van der Waals surface area contributed by atoms with Gasteiger partial charge in [-0.15, -0.1) is 0 Å². The Hall–Kier alpha value is -3.49. The summed E-state index contributed by atoms with van der Waals surface area (Å²) in [5.41, 5.74) is 8.28. The van der Waals surface area contributed by atoms with E-state index in [-0.39, 0.29) is 5.82 Å². The number of piperazine rings is 1. The summed E-state index contributed by atoms with van der Waals surface area (Å²) in [6.07, 6.45) is 7.92. The first-order chi connectivity index (χ1) is 18.1. The van der Waals surface area contributed by atoms with Gasteiger partial charge >= 0.3 is 0 Å². The molecule has 7 nitrogen and oxygen atoms in total. The number of para-hydroxylation sites is 1. The number of nitrogens with two attached hydrogens (primary N) is 1. The molecule has 0 amide bonds. The maximum absolute atomic E-state index is 15.5. The number of hydrogen-bond donors (Lipinski definition) is 2. The van der Waals surface area contributed by atoms with Crippen LogP contribution in [0.15, 0.2) is 61.1 Å². The lowest BCUT2D eigenvalue weighted by molar-refractivity contribution is 0.107. The molecule has 8 heteroatoms. The minimum absolute atomic E-state index is 0.297. The average Bonchev–Trinajstić information content (AvgIpc) is 3.30. The molecule has 192 valence electrons. The van der Waals surface area contributed by atoms with E-state index in [4.69, 9.17) is 10.5 Å². The van der Waals surface area contributed by atoms with E-state index in [2.05, 4.69) is 31.7 Å². The maximum atomic E-state index is 15.5. The lowest BCUT2D eigenvalue weighted by Gasteiger charge is -2.41. The minimum Gasteiger partial charge on any atom is -0.457 e. The van der Waals surface area contributed by atoms with Gasteiger partial charge in [0.25, 0.3) is 0 Å². The van der Waals surface area contributed by atoms with Crippen LogP contribution < -0.4 is 15.8 Å². The number of fused-ring (bicyclic) bond motifs is 1. The van der Waals surface area contributed by atoms with E-state index in [9.17, 15) is 0 Å². The first-order valence-corrected chi connectivity index (χ1v) is 13.2. The summed E-state index contributed by atoms with van der Waals surface area (Å²) in [5, 5.41) is 4.24. The Morgan fingerprint density at radius 3 is 2.51 bits per heavy atom. The highest BCUT2D eigenvalue weighted by molar-refractivity contribution is 6.00. The maximum Gasteiger partial charge on any atom is 0.146 e. The smallest absolute Gasteiger partial charge is 0.146 e. The van der Waals surface area contributed by atoms with E-state index in [1.54, 1.807) is 12.1 Å². The number of halogens is 1. The molecule has 1 saturated carbocycles. The molecular formula is C29H33FN6O. The number of ether oxygens (including phenoxy) is 1. The summed E-state index contributed by atoms with van der Waals surface area (Å²) >= 11 is 0. The molecule has 2 aromatic heterocycles. The van der Waals surface area contributed by atoms with Crippen LogP contribution in [0.1, 0.15) is 38.6 Å². The predicted octanol–water partition coefficient (Wildman–Crippen LogP) is 5.39. The van der Waals surface area contributed by atoms with E-state index < -0.39 is 0 Å². The Balaban J connectivity index is 1.28. The monoisotopic (exact) mass is 500 g/mol. The molecule has 2 aliphatic rings. The van der Waals surface area contributed by atoms with Gasteiger partial charge in [0.1, 0.15) is 35.1 Å². The van der Waals surface area contributed by atoms with Gasteiger partial charge in [0.15, 0.2) is 0 Å². The van der Waals surface area contributed by atoms with Gasteiger partial charge in [-0.1, -0.05) is 18.2 Å². The minimum atomic E-state index is -0.368. The number of nitrogens with one attached hydrogen (secondary N) is 1. The number of benzene rings is 2. The van der Waals surface area contributed by atoms with Crippen LogP contribution in [0.5, 0.6) is 11.5 Å². The van der Waals surface area contributed by atoms with Crippen molar-refractivity contribution in [3.63, 3.8) is 0 Å². The summed E-state index contributed by atoms with van der Waals surface area (Å²) in [6, 6.07) is 15.8. The van der Waals surface area contributed by atoms with E-state index in [0.29, 0.717) is 46.4 Å². The van der Waals surface area contributed by atoms with Crippen LogP contribution in [0.4, 0.5) is 10.2 Å². The van der Waals surface area contributed by atoms with Crippen LogP contribution in [0, 0.1) is 5.82 Å². The highest BCUT2D eigenvalue weighted by atomic mass is 19.1. The average molecular weight is 501 g/mol. The normalized spacial score (nSPS) is 22.8. The molecule has 37 heavy (non-hydrogen) atoms. The van der Waals surface area contributed by atoms with Gasteiger partial charge in [-0.3, -0.25) is 4.90 Å². The van der Waals surface area contributed by atoms with Crippen molar-refractivity contribution in [2.24, 2.45) is 0 Å². The van der Waals surface area contributed by atoms with Crippen molar-refractivity contribution >= 4 is 16.9 Å². The van der Waals surface area contributed by atoms with Gasteiger partial charge in [-0.05, 0) is 56.9 Å². The van der Waals surface area contributed by atoms with Gasteiger partial charge in [-0.25, -0.2) is 14.4 Å². The standard InChI is InChI=1S/C29H33FN6O/c1-19-16-35(14-13-32-19)20-7-9-21(10-8-20)36-17-25(27-28(31)33-18-34-29(27)36)24-12-11-23(15-26(24)30)37-22-5-3-2-4-6-22/h2-6,11-12,15,17-21,32H,7-10,13-14,16H2,1H3,(H2,31,33,34)/t19-,20?,21?/m0/s1. The number of nitrogen functional groups attached to an aromatic ring is 1. The number of aromatic nitrogens is 3. The van der Waals surface area contributed by atoms with Crippen LogP contribution in [0.3, 0.4) is 0 Å². The van der Waals surface area contributed by atoms with E-state index in [1.807, 2.05) is 36.5 Å². The molecule has 0 bridgehead atoms. The Labute approximate surface area is 216 Å². The first-order valence-electron chi connectivity index (χ1n) is 13.2. The molecule has 1 saturated heterocycles. The molecule has 2 fully saturated rings. The van der Waals surface area contributed by atoms with Gasteiger partial charge in [0.05, 0.1) is 5.39 Å². The fourth-order valence-electron chi connectivity index (χ4n) is 5.99. The van der Waals surface area contributed by atoms with Crippen molar-refractivity contribution in [1.82, 2.24) is 24.8 Å². The van der Waals surface area contributed by atoms with Crippen molar-refractivity contribution in [1.29, 1.82) is 0 Å². The largest absolute Gasteiger partial charge is 0.457 e. The van der Waals surface area contributed by atoms with Crippen molar-refractivity contribution in [2.45, 2.75) is 50.7 Å². The summed E-state index contributed by atoms with van der Waals surface area (Å²) in [6.45, 7) is 5.54. The van der Waals surface area contributed by atoms with Crippen molar-refractivity contribution < 1.29 is 9.13 Å². The Morgan fingerprint density at radius 1 is 0.973 bits per heavy atom. The fourth-order valence-corrected chi connectivity index (χ4v) is 5.99. The Bertz CT molecular complexity index is 1380. The number of anilines is 1. The molecule has 0 radical (unpaired) electrons. The first kappa shape index (κ1) is 23.9. The summed E-state index contributed by atoms with van der Waals surface area (Å²) < 4.78 is 23.5. The zero-order chi connectivity index (χ0) is 25.4. The molecule has 0 unspecified atom stereocenters. The lowest BCUT2D eigenvalue weighted by atomic mass is 9.89. The highest BCUT2D eigenvalue weighted by Crippen LogP contribution is 2.40. The summed E-state index contributed by atoms with van der Waals surface area (Å²) in [7, 11) is 0. The molecule has 2 aromatic carbocycles. The third-order valence-electron chi connectivity index (χ3n) is 7.82. The molecule has 6 rings (SSSR count). The molecule has 3 heterocycles. The second-order valence-electron chi connectivity index (χ2n) is 10.3. The molecule has 1 aliphatic heterocycles. The molecule has 0 spiro atoms. The van der Waals surface area contributed by atoms with Gasteiger partial charge in [0.2, 0.25) is 0 Å². The number of nitrogens with zero attached hydrogens (tertiary/aromatic N) is 4. The molecule has 1 aliphatic carbocycles. The Kier molecular flexibility index (Phi) is 6.52. The third-order valence-corrected chi connectivity index (χ3v) is 7.82. The number of hydrogen-bond acceptors (Lipinski definition) is 6. The zero-order valence-corrected chi connectivity index (χ0v) is 21.1. The van der Waals surface area contributed by atoms with Crippen molar-refractivity contribution in [3.8, 4) is 22.6 Å². The molecule has 1 atom stereocenters. The van der Waals surface area contributed by atoms with E-state index >= 15 is 4.39 Å². The third kappa shape index (κ3) is 4.79. The van der Waals surface area contributed by atoms with E-state index in [0.717, 1.165) is 56.5 Å². The molecular weight excluding hydrogens is 467 g/mol. The summed E-state index contributed by atoms with van der Waals surface area (Å²) in [4.78, 5) is 11.5. The topological polar surface area (TPSA) is 81.2 Å². The predicted molar refractivity (Wildman–Crippen MR) is 144 cm³/mol. The van der Waals surface area contributed by atoms with Crippen LogP contribution in [-0.4, -0.2) is 51.2 Å². The van der Waals surface area contributed by atoms with Crippen LogP contribution in [-0.2, 0) is 0 Å². The lowest BCUT2D eigenvalue weighted by Crippen LogP contribution is -2.53. The van der Waals surface area contributed by atoms with Crippen LogP contribution in [0.2, 0.25) is 0 Å². The summed E-state index contributed by atoms with van der Waals surface area (Å²) in [5.74, 6) is 1.11. The molecule has 3 N–H and O–H groups in total. The Morgan fingerprint density at radius 2 is 1.76 bits per heavy atom. The van der Waals surface area contributed by atoms with Gasteiger partial charge in [-0.2, -0.15) is 0 Å². The zero-order valence-electron chi connectivity index (χ0n) is 21.1.